The second kappa shape index (κ2) is 8.48. The Labute approximate surface area is 166 Å². The van der Waals surface area contributed by atoms with Crippen LogP contribution in [0.4, 0.5) is 0 Å². The van der Waals surface area contributed by atoms with E-state index in [-0.39, 0.29) is 11.5 Å². The highest BCUT2D eigenvalue weighted by molar-refractivity contribution is 9.10. The maximum Gasteiger partial charge on any atom is 0.282 e. The van der Waals surface area contributed by atoms with Gasteiger partial charge in [-0.2, -0.15) is 9.78 Å². The first-order valence-electron chi connectivity index (χ1n) is 9.03. The van der Waals surface area contributed by atoms with Crippen molar-refractivity contribution in [2.24, 2.45) is 5.10 Å². The molecule has 1 heterocycles. The molecule has 0 spiro atoms. The molecule has 3 aromatic rings. The molecular formula is C21H22BrN3O2. The fourth-order valence-corrected chi connectivity index (χ4v) is 3.12. The van der Waals surface area contributed by atoms with E-state index >= 15 is 0 Å². The monoisotopic (exact) mass is 427 g/mol. The van der Waals surface area contributed by atoms with Gasteiger partial charge >= 0.3 is 0 Å². The summed E-state index contributed by atoms with van der Waals surface area (Å²) in [6.45, 7) is 6.66. The number of ether oxygens (including phenoxy) is 1. The zero-order chi connectivity index (χ0) is 19.4. The van der Waals surface area contributed by atoms with Crippen molar-refractivity contribution in [2.75, 3.05) is 6.61 Å². The molecule has 1 atom stereocenters. The summed E-state index contributed by atoms with van der Waals surface area (Å²) in [5, 5.41) is 5.01. The van der Waals surface area contributed by atoms with Crippen molar-refractivity contribution in [1.29, 1.82) is 0 Å². The molecule has 0 unspecified atom stereocenters. The van der Waals surface area contributed by atoms with Gasteiger partial charge in [0.25, 0.3) is 5.56 Å². The molecule has 0 amide bonds. The molecule has 6 heteroatoms. The summed E-state index contributed by atoms with van der Waals surface area (Å²) in [6, 6.07) is 13.1. The molecule has 0 bridgehead atoms. The van der Waals surface area contributed by atoms with Gasteiger partial charge < -0.3 is 4.74 Å². The van der Waals surface area contributed by atoms with Crippen LogP contribution in [-0.2, 0) is 0 Å². The molecule has 0 fully saturated rings. The summed E-state index contributed by atoms with van der Waals surface area (Å²) < 4.78 is 7.78. The van der Waals surface area contributed by atoms with Gasteiger partial charge in [-0.1, -0.05) is 41.9 Å². The lowest BCUT2D eigenvalue weighted by Crippen LogP contribution is -2.23. The van der Waals surface area contributed by atoms with Gasteiger partial charge in [0, 0.05) is 10.4 Å². The van der Waals surface area contributed by atoms with Crippen molar-refractivity contribution in [3.8, 4) is 5.75 Å². The summed E-state index contributed by atoms with van der Waals surface area (Å²) in [5.41, 5.74) is 1.37. The van der Waals surface area contributed by atoms with Crippen molar-refractivity contribution in [3.63, 3.8) is 0 Å². The fourth-order valence-electron chi connectivity index (χ4n) is 2.75. The van der Waals surface area contributed by atoms with Crippen LogP contribution in [0.2, 0.25) is 0 Å². The van der Waals surface area contributed by atoms with Gasteiger partial charge in [-0.25, -0.2) is 4.98 Å². The van der Waals surface area contributed by atoms with E-state index < -0.39 is 0 Å². The lowest BCUT2D eigenvalue weighted by molar-refractivity contribution is 0.340. The predicted octanol–water partition coefficient (Wildman–Crippen LogP) is 4.95. The van der Waals surface area contributed by atoms with Crippen LogP contribution in [0.15, 0.2) is 56.8 Å². The highest BCUT2D eigenvalue weighted by atomic mass is 79.9. The number of fused-ring (bicyclic) bond motifs is 1. The maximum absolute atomic E-state index is 13.1. The molecule has 0 aliphatic rings. The average molecular weight is 428 g/mol. The van der Waals surface area contributed by atoms with Crippen LogP contribution in [0.1, 0.15) is 44.5 Å². The van der Waals surface area contributed by atoms with Crippen molar-refractivity contribution < 1.29 is 4.74 Å². The molecular weight excluding hydrogens is 406 g/mol. The molecule has 140 valence electrons. The van der Waals surface area contributed by atoms with Crippen LogP contribution in [-0.4, -0.2) is 22.5 Å². The first-order chi connectivity index (χ1) is 13.0. The molecule has 0 saturated heterocycles. The molecule has 0 radical (unpaired) electrons. The summed E-state index contributed by atoms with van der Waals surface area (Å²) in [6.07, 6.45) is 2.53. The first-order valence-corrected chi connectivity index (χ1v) is 9.82. The second-order valence-corrected chi connectivity index (χ2v) is 7.22. The van der Waals surface area contributed by atoms with Crippen molar-refractivity contribution >= 4 is 33.0 Å². The largest absolute Gasteiger partial charge is 0.494 e. The summed E-state index contributed by atoms with van der Waals surface area (Å²) >= 11 is 3.42. The van der Waals surface area contributed by atoms with E-state index in [2.05, 4.69) is 28.0 Å². The van der Waals surface area contributed by atoms with E-state index in [9.17, 15) is 4.79 Å². The Hall–Kier alpha value is -2.47. The van der Waals surface area contributed by atoms with E-state index in [1.54, 1.807) is 12.3 Å². The zero-order valence-corrected chi connectivity index (χ0v) is 17.2. The third kappa shape index (κ3) is 4.27. The minimum atomic E-state index is -0.172. The van der Waals surface area contributed by atoms with Gasteiger partial charge in [-0.15, -0.1) is 0 Å². The highest BCUT2D eigenvalue weighted by Crippen LogP contribution is 2.21. The Morgan fingerprint density at radius 1 is 1.26 bits per heavy atom. The smallest absolute Gasteiger partial charge is 0.282 e. The first kappa shape index (κ1) is 19.3. The summed E-state index contributed by atoms with van der Waals surface area (Å²) in [4.78, 5) is 17.8. The third-order valence-corrected chi connectivity index (χ3v) is 4.87. The normalized spacial score (nSPS) is 12.6. The number of nitrogens with zero attached hydrogens (tertiary/aromatic N) is 3. The molecule has 0 aliphatic carbocycles. The van der Waals surface area contributed by atoms with Crippen LogP contribution >= 0.6 is 15.9 Å². The van der Waals surface area contributed by atoms with Crippen LogP contribution in [0, 0.1) is 0 Å². The Bertz CT molecular complexity index is 1040. The standard InChI is InChI=1S/C21H22BrN3O2/c1-4-14(3)20-24-19-10-9-16(22)12-18(19)21(26)25(20)23-13-15-7-6-8-17(11-15)27-5-2/h6-14H,4-5H2,1-3H3/t14-/m0/s1. The fraction of sp³-hybridized carbons (Fsp3) is 0.286. The molecule has 3 rings (SSSR count). The summed E-state index contributed by atoms with van der Waals surface area (Å²) in [7, 11) is 0. The lowest BCUT2D eigenvalue weighted by Gasteiger charge is -2.14. The minimum absolute atomic E-state index is 0.109. The molecule has 27 heavy (non-hydrogen) atoms. The molecule has 1 aromatic heterocycles. The van der Waals surface area contributed by atoms with Crippen molar-refractivity contribution in [3.05, 3.63) is 68.7 Å². The summed E-state index contributed by atoms with van der Waals surface area (Å²) in [5.74, 6) is 1.55. The molecule has 2 aromatic carbocycles. The highest BCUT2D eigenvalue weighted by Gasteiger charge is 2.15. The van der Waals surface area contributed by atoms with E-state index in [1.165, 1.54) is 4.68 Å². The van der Waals surface area contributed by atoms with Gasteiger partial charge in [-0.3, -0.25) is 4.79 Å². The van der Waals surface area contributed by atoms with E-state index in [4.69, 9.17) is 9.72 Å². The predicted molar refractivity (Wildman–Crippen MR) is 113 cm³/mol. The van der Waals surface area contributed by atoms with Crippen LogP contribution < -0.4 is 10.3 Å². The Kier molecular flexibility index (Phi) is 6.06. The number of hydrogen-bond acceptors (Lipinski definition) is 4. The van der Waals surface area contributed by atoms with E-state index in [0.29, 0.717) is 23.3 Å². The molecule has 5 nitrogen and oxygen atoms in total. The SMILES string of the molecule is CCOc1cccc(C=Nn2c([C@@H](C)CC)nc3ccc(Br)cc3c2=O)c1. The van der Waals surface area contributed by atoms with E-state index in [1.807, 2.05) is 50.2 Å². The number of benzene rings is 2. The van der Waals surface area contributed by atoms with Crippen LogP contribution in [0.5, 0.6) is 5.75 Å². The Morgan fingerprint density at radius 2 is 2.07 bits per heavy atom. The second-order valence-electron chi connectivity index (χ2n) is 6.31. The number of aromatic nitrogens is 2. The van der Waals surface area contributed by atoms with Crippen LogP contribution in [0.3, 0.4) is 0 Å². The van der Waals surface area contributed by atoms with Crippen molar-refractivity contribution in [2.45, 2.75) is 33.1 Å². The average Bonchev–Trinajstić information content (AvgIpc) is 2.67. The molecule has 0 aliphatic heterocycles. The van der Waals surface area contributed by atoms with E-state index in [0.717, 1.165) is 22.2 Å². The van der Waals surface area contributed by atoms with Gasteiger partial charge in [0.1, 0.15) is 11.6 Å². The van der Waals surface area contributed by atoms with Gasteiger partial charge in [0.15, 0.2) is 0 Å². The maximum atomic E-state index is 13.1. The molecule has 0 saturated carbocycles. The van der Waals surface area contributed by atoms with Crippen LogP contribution in [0.25, 0.3) is 10.9 Å². The molecule has 0 N–H and O–H groups in total. The Balaban J connectivity index is 2.12. The Morgan fingerprint density at radius 3 is 2.81 bits per heavy atom. The zero-order valence-electron chi connectivity index (χ0n) is 15.6. The quantitative estimate of drug-likeness (QED) is 0.522. The number of rotatable bonds is 6. The van der Waals surface area contributed by atoms with Gasteiger partial charge in [-0.05, 0) is 49.2 Å². The number of hydrogen-bond donors (Lipinski definition) is 0. The van der Waals surface area contributed by atoms with Crippen molar-refractivity contribution in [1.82, 2.24) is 9.66 Å². The lowest BCUT2D eigenvalue weighted by atomic mass is 10.1. The third-order valence-electron chi connectivity index (χ3n) is 4.38. The minimum Gasteiger partial charge on any atom is -0.494 e. The number of halogens is 1. The van der Waals surface area contributed by atoms with Gasteiger partial charge in [0.05, 0.1) is 23.7 Å². The van der Waals surface area contributed by atoms with Gasteiger partial charge in [0.2, 0.25) is 0 Å². The topological polar surface area (TPSA) is 56.5 Å².